The van der Waals surface area contributed by atoms with Crippen LogP contribution in [0.5, 0.6) is 0 Å². The highest BCUT2D eigenvalue weighted by atomic mass is 35.5. The van der Waals surface area contributed by atoms with E-state index < -0.39 is 5.41 Å². The molecule has 150 valence electrons. The van der Waals surface area contributed by atoms with Gasteiger partial charge in [0.15, 0.2) is 0 Å². The molecule has 0 fully saturated rings. The SMILES string of the molecule is C=C(S/C(Cl)=C(\N)c1cc(C)cc(C)c1)C(C)(C)c1nnc(-c2ccccc2)o1. The zero-order valence-electron chi connectivity index (χ0n) is 17.0. The third kappa shape index (κ3) is 4.74. The van der Waals surface area contributed by atoms with E-state index in [1.54, 1.807) is 0 Å². The Bertz CT molecular complexity index is 1050. The van der Waals surface area contributed by atoms with Crippen molar-refractivity contribution in [2.75, 3.05) is 0 Å². The molecule has 2 aromatic carbocycles. The molecular weight excluding hydrogens is 402 g/mol. The van der Waals surface area contributed by atoms with Gasteiger partial charge in [-0.2, -0.15) is 0 Å². The maximum atomic E-state index is 6.55. The quantitative estimate of drug-likeness (QED) is 0.494. The Morgan fingerprint density at radius 1 is 1.07 bits per heavy atom. The van der Waals surface area contributed by atoms with Crippen LogP contribution in [0.4, 0.5) is 0 Å². The van der Waals surface area contributed by atoms with Gasteiger partial charge in [0.05, 0.1) is 11.1 Å². The van der Waals surface area contributed by atoms with E-state index in [1.807, 2.05) is 70.2 Å². The smallest absolute Gasteiger partial charge is 0.247 e. The van der Waals surface area contributed by atoms with E-state index >= 15 is 0 Å². The summed E-state index contributed by atoms with van der Waals surface area (Å²) in [5.41, 5.74) is 10.3. The number of benzene rings is 2. The number of aromatic nitrogens is 2. The molecule has 3 rings (SSSR count). The van der Waals surface area contributed by atoms with Gasteiger partial charge in [-0.15, -0.1) is 10.2 Å². The van der Waals surface area contributed by atoms with Gasteiger partial charge >= 0.3 is 0 Å². The van der Waals surface area contributed by atoms with Crippen LogP contribution < -0.4 is 5.73 Å². The monoisotopic (exact) mass is 425 g/mol. The summed E-state index contributed by atoms with van der Waals surface area (Å²) in [4.78, 5) is 0.762. The molecule has 0 saturated carbocycles. The number of nitrogens with zero attached hydrogens (tertiary/aromatic N) is 2. The molecule has 1 heterocycles. The van der Waals surface area contributed by atoms with Crippen molar-refractivity contribution in [1.82, 2.24) is 10.2 Å². The van der Waals surface area contributed by atoms with Crippen LogP contribution in [0.15, 0.2) is 68.8 Å². The molecule has 29 heavy (non-hydrogen) atoms. The van der Waals surface area contributed by atoms with Crippen LogP contribution in [0.2, 0.25) is 0 Å². The third-order valence-electron chi connectivity index (χ3n) is 4.63. The number of hydrogen-bond acceptors (Lipinski definition) is 5. The largest absolute Gasteiger partial charge is 0.420 e. The highest BCUT2D eigenvalue weighted by molar-refractivity contribution is 8.08. The Balaban J connectivity index is 1.83. The minimum atomic E-state index is -0.590. The average Bonchev–Trinajstić information content (AvgIpc) is 3.18. The maximum absolute atomic E-state index is 6.55. The van der Waals surface area contributed by atoms with Crippen LogP contribution in [0.3, 0.4) is 0 Å². The van der Waals surface area contributed by atoms with E-state index in [0.29, 0.717) is 21.8 Å². The second-order valence-corrected chi connectivity index (χ2v) is 9.20. The summed E-state index contributed by atoms with van der Waals surface area (Å²) in [6.45, 7) is 12.2. The molecule has 6 heteroatoms. The Labute approximate surface area is 180 Å². The van der Waals surface area contributed by atoms with Gasteiger partial charge in [-0.3, -0.25) is 0 Å². The average molecular weight is 426 g/mol. The van der Waals surface area contributed by atoms with Crippen LogP contribution in [0, 0.1) is 13.8 Å². The van der Waals surface area contributed by atoms with E-state index in [4.69, 9.17) is 21.8 Å². The first kappa shape index (κ1) is 21.2. The molecule has 2 N–H and O–H groups in total. The van der Waals surface area contributed by atoms with Crippen molar-refractivity contribution in [3.8, 4) is 11.5 Å². The van der Waals surface area contributed by atoms with Gasteiger partial charge in [-0.05, 0) is 62.4 Å². The molecule has 0 atom stereocenters. The summed E-state index contributed by atoms with van der Waals surface area (Å²) in [6, 6.07) is 15.8. The standard InChI is InChI=1S/C23H24ClN3OS/c1-14-11-15(2)13-18(12-14)19(25)20(24)29-16(3)23(4,5)22-27-26-21(28-22)17-9-7-6-8-10-17/h6-13H,3,25H2,1-2,4-5H3/b20-19-. The van der Waals surface area contributed by atoms with Crippen molar-refractivity contribution in [3.63, 3.8) is 0 Å². The molecule has 0 aliphatic rings. The molecule has 4 nitrogen and oxygen atoms in total. The molecule has 0 aliphatic carbocycles. The minimum Gasteiger partial charge on any atom is -0.420 e. The van der Waals surface area contributed by atoms with Crippen LogP contribution >= 0.6 is 23.4 Å². The fourth-order valence-corrected chi connectivity index (χ4v) is 4.00. The van der Waals surface area contributed by atoms with Crippen molar-refractivity contribution >= 4 is 29.1 Å². The molecule has 0 unspecified atom stereocenters. The lowest BCUT2D eigenvalue weighted by atomic mass is 9.93. The third-order valence-corrected chi connectivity index (χ3v) is 6.23. The molecule has 0 saturated heterocycles. The Kier molecular flexibility index (Phi) is 6.20. The maximum Gasteiger partial charge on any atom is 0.247 e. The zero-order valence-corrected chi connectivity index (χ0v) is 18.6. The number of allylic oxidation sites excluding steroid dienone is 1. The number of halogens is 1. The number of rotatable bonds is 6. The molecular formula is C23H24ClN3OS. The molecule has 0 radical (unpaired) electrons. The van der Waals surface area contributed by atoms with Crippen molar-refractivity contribution in [2.45, 2.75) is 33.1 Å². The second kappa shape index (κ2) is 8.47. The predicted octanol–water partition coefficient (Wildman–Crippen LogP) is 6.40. The van der Waals surface area contributed by atoms with E-state index in [-0.39, 0.29) is 0 Å². The lowest BCUT2D eigenvalue weighted by Crippen LogP contribution is -2.18. The Hall–Kier alpha value is -2.50. The van der Waals surface area contributed by atoms with E-state index in [0.717, 1.165) is 27.2 Å². The number of thioether (sulfide) groups is 1. The van der Waals surface area contributed by atoms with E-state index in [2.05, 4.69) is 22.8 Å². The van der Waals surface area contributed by atoms with Crippen molar-refractivity contribution < 1.29 is 4.42 Å². The first-order valence-corrected chi connectivity index (χ1v) is 10.4. The van der Waals surface area contributed by atoms with Crippen molar-refractivity contribution in [3.05, 3.63) is 87.0 Å². The van der Waals surface area contributed by atoms with Gasteiger partial charge < -0.3 is 10.2 Å². The highest BCUT2D eigenvalue weighted by Gasteiger charge is 2.32. The van der Waals surface area contributed by atoms with E-state index in [9.17, 15) is 0 Å². The highest BCUT2D eigenvalue weighted by Crippen LogP contribution is 2.43. The first-order valence-electron chi connectivity index (χ1n) is 9.19. The summed E-state index contributed by atoms with van der Waals surface area (Å²) >= 11 is 7.87. The van der Waals surface area contributed by atoms with Crippen LogP contribution in [-0.4, -0.2) is 10.2 Å². The van der Waals surface area contributed by atoms with E-state index in [1.165, 1.54) is 11.8 Å². The van der Waals surface area contributed by atoms with Gasteiger partial charge in [0, 0.05) is 5.56 Å². The Morgan fingerprint density at radius 3 is 2.31 bits per heavy atom. The number of nitrogens with two attached hydrogens (primary N) is 1. The molecule has 1 aromatic heterocycles. The molecule has 0 spiro atoms. The fraction of sp³-hybridized carbons (Fsp3) is 0.217. The van der Waals surface area contributed by atoms with Crippen LogP contribution in [-0.2, 0) is 5.41 Å². The van der Waals surface area contributed by atoms with Crippen LogP contribution in [0.1, 0.15) is 36.4 Å². The van der Waals surface area contributed by atoms with Gasteiger partial charge in [0.25, 0.3) is 0 Å². The molecule has 0 amide bonds. The zero-order chi connectivity index (χ0) is 21.2. The van der Waals surface area contributed by atoms with Gasteiger partial charge in [0.2, 0.25) is 11.8 Å². The second-order valence-electron chi connectivity index (χ2n) is 7.49. The molecule has 0 bridgehead atoms. The normalized spacial score (nSPS) is 12.6. The molecule has 0 aliphatic heterocycles. The Morgan fingerprint density at radius 2 is 1.69 bits per heavy atom. The van der Waals surface area contributed by atoms with Gasteiger partial charge in [-0.25, -0.2) is 0 Å². The number of aryl methyl sites for hydroxylation is 2. The fourth-order valence-electron chi connectivity index (χ4n) is 2.83. The lowest BCUT2D eigenvalue weighted by Gasteiger charge is -2.22. The topological polar surface area (TPSA) is 64.9 Å². The summed E-state index contributed by atoms with van der Waals surface area (Å²) in [5, 5.41) is 8.42. The summed E-state index contributed by atoms with van der Waals surface area (Å²) in [6.07, 6.45) is 0. The summed E-state index contributed by atoms with van der Waals surface area (Å²) in [5.74, 6) is 0.950. The number of hydrogen-bond donors (Lipinski definition) is 1. The summed E-state index contributed by atoms with van der Waals surface area (Å²) < 4.78 is 6.40. The van der Waals surface area contributed by atoms with Gasteiger partial charge in [-0.1, -0.05) is 65.3 Å². The van der Waals surface area contributed by atoms with Crippen molar-refractivity contribution in [2.24, 2.45) is 5.73 Å². The minimum absolute atomic E-state index is 0.468. The summed E-state index contributed by atoms with van der Waals surface area (Å²) in [7, 11) is 0. The molecule has 3 aromatic rings. The van der Waals surface area contributed by atoms with Crippen LogP contribution in [0.25, 0.3) is 17.2 Å². The first-order chi connectivity index (χ1) is 13.7. The van der Waals surface area contributed by atoms with Crippen molar-refractivity contribution in [1.29, 1.82) is 0 Å². The predicted molar refractivity (Wildman–Crippen MR) is 122 cm³/mol. The van der Waals surface area contributed by atoms with Gasteiger partial charge in [0.1, 0.15) is 4.36 Å². The lowest BCUT2D eigenvalue weighted by molar-refractivity contribution is 0.425.